The third kappa shape index (κ3) is 5.65. The van der Waals surface area contributed by atoms with Gasteiger partial charge in [0, 0.05) is 24.6 Å². The number of amides is 2. The van der Waals surface area contributed by atoms with Crippen LogP contribution in [0.15, 0.2) is 102 Å². The Hall–Kier alpha value is -5.12. The zero-order chi connectivity index (χ0) is 26.3. The minimum absolute atomic E-state index is 0.241. The zero-order valence-electron chi connectivity index (χ0n) is 20.6. The van der Waals surface area contributed by atoms with E-state index in [0.717, 1.165) is 5.56 Å². The van der Waals surface area contributed by atoms with Crippen molar-refractivity contribution in [3.8, 4) is 11.6 Å². The lowest BCUT2D eigenvalue weighted by atomic mass is 10.0. The lowest BCUT2D eigenvalue weighted by Crippen LogP contribution is -2.45. The molecule has 0 fully saturated rings. The van der Waals surface area contributed by atoms with E-state index >= 15 is 0 Å². The van der Waals surface area contributed by atoms with Crippen molar-refractivity contribution in [1.29, 1.82) is 0 Å². The van der Waals surface area contributed by atoms with Crippen molar-refractivity contribution in [1.82, 2.24) is 30.5 Å². The Morgan fingerprint density at radius 3 is 2.34 bits per heavy atom. The molecule has 0 aliphatic rings. The van der Waals surface area contributed by atoms with Gasteiger partial charge in [0.15, 0.2) is 5.76 Å². The molecule has 3 heterocycles. The summed E-state index contributed by atoms with van der Waals surface area (Å²) < 4.78 is 5.56. The minimum atomic E-state index is -0.965. The van der Waals surface area contributed by atoms with Crippen molar-refractivity contribution in [2.45, 2.75) is 26.1 Å². The number of rotatable bonds is 9. The zero-order valence-corrected chi connectivity index (χ0v) is 20.6. The molecule has 10 nitrogen and oxygen atoms in total. The predicted molar refractivity (Wildman–Crippen MR) is 139 cm³/mol. The summed E-state index contributed by atoms with van der Waals surface area (Å²) in [6, 6.07) is 24.6. The third-order valence-electron chi connectivity index (χ3n) is 5.83. The van der Waals surface area contributed by atoms with Crippen LogP contribution in [-0.4, -0.2) is 37.0 Å². The van der Waals surface area contributed by atoms with Crippen LogP contribution in [0.25, 0.3) is 11.6 Å². The number of nitrogens with one attached hydrogen (secondary N) is 1. The van der Waals surface area contributed by atoms with Gasteiger partial charge in [0.05, 0.1) is 0 Å². The molecule has 38 heavy (non-hydrogen) atoms. The quantitative estimate of drug-likeness (QED) is 0.323. The van der Waals surface area contributed by atoms with Crippen molar-refractivity contribution in [2.24, 2.45) is 0 Å². The molecule has 3 aromatic heterocycles. The molecule has 0 aliphatic heterocycles. The highest BCUT2D eigenvalue weighted by Crippen LogP contribution is 2.28. The standard InChI is InChI=1S/C28H25N7O3/c1-20-12-13-24(38-20)27-31-33-34(32-27)19-25(36)35(23-10-6-3-7-11-23)26(22-14-16-29-17-15-22)28(37)30-18-21-8-4-2-5-9-21/h2-17,26H,18-19H2,1H3,(H,30,37)/t26-/m0/s1. The molecule has 0 unspecified atom stereocenters. The molecule has 0 radical (unpaired) electrons. The summed E-state index contributed by atoms with van der Waals surface area (Å²) in [5.74, 6) is 0.701. The largest absolute Gasteiger partial charge is 0.458 e. The van der Waals surface area contributed by atoms with Crippen molar-refractivity contribution in [3.63, 3.8) is 0 Å². The fourth-order valence-corrected chi connectivity index (χ4v) is 4.03. The summed E-state index contributed by atoms with van der Waals surface area (Å²) in [5, 5.41) is 15.3. The van der Waals surface area contributed by atoms with E-state index < -0.39 is 11.9 Å². The average molecular weight is 508 g/mol. The van der Waals surface area contributed by atoms with E-state index in [2.05, 4.69) is 25.7 Å². The van der Waals surface area contributed by atoms with E-state index in [1.165, 1.54) is 9.70 Å². The van der Waals surface area contributed by atoms with Crippen LogP contribution in [0.5, 0.6) is 0 Å². The molecule has 10 heteroatoms. The van der Waals surface area contributed by atoms with Gasteiger partial charge in [0.2, 0.25) is 11.7 Å². The molecule has 2 amide bonds. The number of aromatic nitrogens is 5. The molecule has 0 spiro atoms. The van der Waals surface area contributed by atoms with Crippen LogP contribution in [-0.2, 0) is 22.7 Å². The van der Waals surface area contributed by atoms with E-state index in [1.807, 2.05) is 55.5 Å². The van der Waals surface area contributed by atoms with Crippen LogP contribution in [0.2, 0.25) is 0 Å². The van der Waals surface area contributed by atoms with E-state index in [9.17, 15) is 9.59 Å². The van der Waals surface area contributed by atoms with Gasteiger partial charge in [-0.15, -0.1) is 10.2 Å². The van der Waals surface area contributed by atoms with E-state index in [0.29, 0.717) is 29.3 Å². The molecule has 0 saturated heterocycles. The summed E-state index contributed by atoms with van der Waals surface area (Å²) in [6.07, 6.45) is 3.19. The van der Waals surface area contributed by atoms with Crippen LogP contribution in [0.3, 0.4) is 0 Å². The monoisotopic (exact) mass is 507 g/mol. The van der Waals surface area contributed by atoms with Crippen molar-refractivity contribution in [2.75, 3.05) is 4.90 Å². The summed E-state index contributed by atoms with van der Waals surface area (Å²) in [4.78, 5) is 34.3. The first-order chi connectivity index (χ1) is 18.6. The number of aryl methyl sites for hydroxylation is 1. The SMILES string of the molecule is Cc1ccc(-c2nnn(CC(=O)N(c3ccccc3)[C@H](C(=O)NCc3ccccc3)c3ccncc3)n2)o1. The van der Waals surface area contributed by atoms with Crippen LogP contribution in [0.1, 0.15) is 22.9 Å². The first-order valence-corrected chi connectivity index (χ1v) is 12.0. The second-order valence-electron chi connectivity index (χ2n) is 8.54. The maximum Gasteiger partial charge on any atom is 0.251 e. The van der Waals surface area contributed by atoms with Crippen LogP contribution >= 0.6 is 0 Å². The molecule has 1 atom stereocenters. The topological polar surface area (TPSA) is 119 Å². The molecular formula is C28H25N7O3. The molecular weight excluding hydrogens is 482 g/mol. The van der Waals surface area contributed by atoms with Gasteiger partial charge in [-0.1, -0.05) is 48.5 Å². The molecule has 2 aromatic carbocycles. The Morgan fingerprint density at radius 1 is 0.947 bits per heavy atom. The second-order valence-corrected chi connectivity index (χ2v) is 8.54. The van der Waals surface area contributed by atoms with E-state index in [1.54, 1.807) is 48.8 Å². The number of hydrogen-bond acceptors (Lipinski definition) is 7. The van der Waals surface area contributed by atoms with Crippen LogP contribution in [0, 0.1) is 6.92 Å². The molecule has 5 aromatic rings. The fourth-order valence-electron chi connectivity index (χ4n) is 4.03. The minimum Gasteiger partial charge on any atom is -0.458 e. The van der Waals surface area contributed by atoms with Gasteiger partial charge >= 0.3 is 0 Å². The lowest BCUT2D eigenvalue weighted by Gasteiger charge is -2.31. The van der Waals surface area contributed by atoms with Crippen molar-refractivity contribution >= 4 is 17.5 Å². The highest BCUT2D eigenvalue weighted by Gasteiger charge is 2.33. The maximum absolute atomic E-state index is 13.8. The number of tetrazole rings is 1. The summed E-state index contributed by atoms with van der Waals surface area (Å²) in [7, 11) is 0. The van der Waals surface area contributed by atoms with Gasteiger partial charge in [-0.05, 0) is 59.7 Å². The van der Waals surface area contributed by atoms with E-state index in [4.69, 9.17) is 4.42 Å². The Balaban J connectivity index is 1.46. The molecule has 0 bridgehead atoms. The molecule has 5 rings (SSSR count). The van der Waals surface area contributed by atoms with Gasteiger partial charge < -0.3 is 9.73 Å². The number of pyridine rings is 1. The van der Waals surface area contributed by atoms with Crippen LogP contribution in [0.4, 0.5) is 5.69 Å². The number of anilines is 1. The van der Waals surface area contributed by atoms with E-state index in [-0.39, 0.29) is 18.3 Å². The number of furan rings is 1. The van der Waals surface area contributed by atoms with Gasteiger partial charge in [-0.2, -0.15) is 4.80 Å². The maximum atomic E-state index is 13.8. The van der Waals surface area contributed by atoms with Gasteiger partial charge in [0.25, 0.3) is 5.91 Å². The fraction of sp³-hybridized carbons (Fsp3) is 0.143. The number of hydrogen-bond donors (Lipinski definition) is 1. The molecule has 0 saturated carbocycles. The predicted octanol–water partition coefficient (Wildman–Crippen LogP) is 3.73. The number of carbonyl (C=O) groups is 2. The molecule has 0 aliphatic carbocycles. The van der Waals surface area contributed by atoms with Crippen molar-refractivity contribution < 1.29 is 14.0 Å². The number of para-hydroxylation sites is 1. The Morgan fingerprint density at radius 2 is 1.66 bits per heavy atom. The highest BCUT2D eigenvalue weighted by atomic mass is 16.3. The van der Waals surface area contributed by atoms with Crippen molar-refractivity contribution in [3.05, 3.63) is 114 Å². The first-order valence-electron chi connectivity index (χ1n) is 12.0. The number of carbonyl (C=O) groups excluding carboxylic acids is 2. The molecule has 1 N–H and O–H groups in total. The Labute approximate surface area is 218 Å². The summed E-state index contributed by atoms with van der Waals surface area (Å²) >= 11 is 0. The van der Waals surface area contributed by atoms with Gasteiger partial charge in [-0.25, -0.2) is 0 Å². The highest BCUT2D eigenvalue weighted by molar-refractivity contribution is 6.01. The smallest absolute Gasteiger partial charge is 0.251 e. The van der Waals surface area contributed by atoms with Gasteiger partial charge in [-0.3, -0.25) is 19.5 Å². The van der Waals surface area contributed by atoms with Gasteiger partial charge in [0.1, 0.15) is 18.3 Å². The van der Waals surface area contributed by atoms with Crippen LogP contribution < -0.4 is 10.2 Å². The number of benzene rings is 2. The number of nitrogens with zero attached hydrogens (tertiary/aromatic N) is 6. The molecule has 190 valence electrons. The first kappa shape index (κ1) is 24.6. The Kier molecular flexibility index (Phi) is 7.30. The Bertz CT molecular complexity index is 1500. The summed E-state index contributed by atoms with van der Waals surface area (Å²) in [6.45, 7) is 1.89. The second kappa shape index (κ2) is 11.3. The summed E-state index contributed by atoms with van der Waals surface area (Å²) in [5.41, 5.74) is 2.11. The lowest BCUT2D eigenvalue weighted by molar-refractivity contribution is -0.127. The normalized spacial score (nSPS) is 11.6. The third-order valence-corrected chi connectivity index (χ3v) is 5.83. The average Bonchev–Trinajstić information content (AvgIpc) is 3.60.